The zero-order chi connectivity index (χ0) is 25.6. The smallest absolute Gasteiger partial charge is 0.278 e. The molecule has 2 aromatic rings. The van der Waals surface area contributed by atoms with E-state index < -0.39 is 33.8 Å². The SMILES string of the molecule is CCOC1C(NC(=O)Cn2c(C)ncc(NS(=O)(=O)Cc3ccccc3)c2=O)CCCN1C(=N)N. The molecule has 2 atom stereocenters. The Balaban J connectivity index is 1.74. The zero-order valence-corrected chi connectivity index (χ0v) is 20.5. The number of rotatable bonds is 9. The lowest BCUT2D eigenvalue weighted by molar-refractivity contribution is -0.126. The second-order valence-corrected chi connectivity index (χ2v) is 9.92. The third kappa shape index (κ3) is 6.79. The first-order valence-electron chi connectivity index (χ1n) is 11.2. The fourth-order valence-corrected chi connectivity index (χ4v) is 5.15. The number of ether oxygens (including phenoxy) is 1. The summed E-state index contributed by atoms with van der Waals surface area (Å²) in [7, 11) is -3.88. The normalized spacial score (nSPS) is 18.2. The minimum absolute atomic E-state index is 0.144. The van der Waals surface area contributed by atoms with E-state index in [1.807, 2.05) is 6.92 Å². The maximum atomic E-state index is 13.0. The van der Waals surface area contributed by atoms with Crippen molar-refractivity contribution >= 4 is 27.6 Å². The van der Waals surface area contributed by atoms with Crippen LogP contribution in [-0.4, -0.2) is 60.2 Å². The van der Waals surface area contributed by atoms with E-state index in [0.717, 1.165) is 10.8 Å². The minimum atomic E-state index is -3.88. The van der Waals surface area contributed by atoms with E-state index in [1.165, 1.54) is 0 Å². The monoisotopic (exact) mass is 505 g/mol. The number of amides is 1. The van der Waals surface area contributed by atoms with Crippen LogP contribution >= 0.6 is 0 Å². The number of hydrogen-bond acceptors (Lipinski definition) is 7. The summed E-state index contributed by atoms with van der Waals surface area (Å²) in [5.41, 5.74) is 5.31. The Morgan fingerprint density at radius 3 is 2.69 bits per heavy atom. The van der Waals surface area contributed by atoms with Gasteiger partial charge in [0.15, 0.2) is 12.2 Å². The summed E-state index contributed by atoms with van der Waals surface area (Å²) in [6, 6.07) is 8.13. The highest BCUT2D eigenvalue weighted by Gasteiger charge is 2.34. The second-order valence-electron chi connectivity index (χ2n) is 8.20. The number of hydrogen-bond donors (Lipinski definition) is 4. The number of anilines is 1. The molecule has 2 heterocycles. The molecule has 1 amide bonds. The highest BCUT2D eigenvalue weighted by Crippen LogP contribution is 2.19. The molecule has 35 heavy (non-hydrogen) atoms. The highest BCUT2D eigenvalue weighted by molar-refractivity contribution is 7.91. The maximum Gasteiger partial charge on any atom is 0.278 e. The molecular formula is C22H31N7O5S. The molecule has 190 valence electrons. The Hall–Kier alpha value is -3.45. The van der Waals surface area contributed by atoms with Crippen LogP contribution in [0.15, 0.2) is 41.3 Å². The van der Waals surface area contributed by atoms with Crippen molar-refractivity contribution in [3.63, 3.8) is 0 Å². The van der Waals surface area contributed by atoms with Crippen molar-refractivity contribution in [3.05, 3.63) is 58.3 Å². The fraction of sp³-hybridized carbons (Fsp3) is 0.455. The molecule has 1 saturated heterocycles. The molecule has 5 N–H and O–H groups in total. The number of piperidine rings is 1. The number of nitrogens with one attached hydrogen (secondary N) is 3. The van der Waals surface area contributed by atoms with Gasteiger partial charge in [-0.05, 0) is 32.3 Å². The summed E-state index contributed by atoms with van der Waals surface area (Å²) < 4.78 is 34.3. The maximum absolute atomic E-state index is 13.0. The molecule has 0 aliphatic carbocycles. The van der Waals surface area contributed by atoms with Crippen molar-refractivity contribution < 1.29 is 17.9 Å². The molecule has 1 fully saturated rings. The van der Waals surface area contributed by atoms with Gasteiger partial charge in [-0.25, -0.2) is 13.4 Å². The quantitative estimate of drug-likeness (QED) is 0.279. The Labute approximate surface area is 204 Å². The highest BCUT2D eigenvalue weighted by atomic mass is 32.2. The van der Waals surface area contributed by atoms with Gasteiger partial charge in [-0.1, -0.05) is 30.3 Å². The molecule has 1 aromatic carbocycles. The molecule has 13 heteroatoms. The largest absolute Gasteiger partial charge is 0.370 e. The van der Waals surface area contributed by atoms with Crippen LogP contribution in [0.3, 0.4) is 0 Å². The lowest BCUT2D eigenvalue weighted by Gasteiger charge is -2.41. The molecule has 0 bridgehead atoms. The Bertz CT molecular complexity index is 1220. The standard InChI is InChI=1S/C22H31N7O5S/c1-3-34-21-17(10-7-11-28(21)22(23)24)26-19(30)13-29-15(2)25-12-18(20(29)31)27-35(32,33)14-16-8-5-4-6-9-16/h4-6,8-9,12,17,21,27H,3,7,10-11,13-14H2,1-2H3,(H3,23,24)(H,26,30). The van der Waals surface area contributed by atoms with E-state index in [2.05, 4.69) is 15.0 Å². The third-order valence-corrected chi connectivity index (χ3v) is 6.82. The summed E-state index contributed by atoms with van der Waals surface area (Å²) in [5, 5.41) is 10.6. The first-order valence-corrected chi connectivity index (χ1v) is 12.9. The van der Waals surface area contributed by atoms with Gasteiger partial charge in [-0.3, -0.25) is 24.3 Å². The Morgan fingerprint density at radius 2 is 2.03 bits per heavy atom. The average molecular weight is 506 g/mol. The number of guanidine groups is 1. The number of benzene rings is 1. The number of nitrogens with two attached hydrogens (primary N) is 1. The number of nitrogens with zero attached hydrogens (tertiary/aromatic N) is 3. The van der Waals surface area contributed by atoms with E-state index >= 15 is 0 Å². The van der Waals surface area contributed by atoms with Crippen molar-refractivity contribution in [2.45, 2.75) is 51.3 Å². The van der Waals surface area contributed by atoms with Crippen LogP contribution in [0.4, 0.5) is 5.69 Å². The predicted octanol–water partition coefficient (Wildman–Crippen LogP) is 0.330. The predicted molar refractivity (Wildman–Crippen MR) is 131 cm³/mol. The number of likely N-dealkylation sites (tertiary alicyclic amines) is 1. The van der Waals surface area contributed by atoms with Crippen LogP contribution in [0.5, 0.6) is 0 Å². The van der Waals surface area contributed by atoms with Gasteiger partial charge < -0.3 is 20.7 Å². The molecule has 1 aromatic heterocycles. The van der Waals surface area contributed by atoms with E-state index in [-0.39, 0.29) is 29.8 Å². The number of carbonyl (C=O) groups is 1. The number of carbonyl (C=O) groups excluding carboxylic acids is 1. The van der Waals surface area contributed by atoms with E-state index in [1.54, 1.807) is 42.2 Å². The number of aryl methyl sites for hydroxylation is 1. The van der Waals surface area contributed by atoms with Crippen LogP contribution in [0.1, 0.15) is 31.2 Å². The van der Waals surface area contributed by atoms with Gasteiger partial charge in [0, 0.05) is 13.2 Å². The zero-order valence-electron chi connectivity index (χ0n) is 19.7. The third-order valence-electron chi connectivity index (χ3n) is 5.57. The number of aromatic nitrogens is 2. The van der Waals surface area contributed by atoms with Crippen molar-refractivity contribution in [2.24, 2.45) is 5.73 Å². The van der Waals surface area contributed by atoms with Gasteiger partial charge in [0.05, 0.1) is 18.0 Å². The van der Waals surface area contributed by atoms with Crippen molar-refractivity contribution in [3.8, 4) is 0 Å². The summed E-state index contributed by atoms with van der Waals surface area (Å²) in [6.45, 7) is 3.92. The Morgan fingerprint density at radius 1 is 1.31 bits per heavy atom. The van der Waals surface area contributed by atoms with Gasteiger partial charge in [0.2, 0.25) is 15.9 Å². The molecule has 2 unspecified atom stereocenters. The lowest BCUT2D eigenvalue weighted by atomic mass is 10.0. The molecular weight excluding hydrogens is 474 g/mol. The molecule has 12 nitrogen and oxygen atoms in total. The molecule has 0 spiro atoms. The number of sulfonamides is 1. The Kier molecular flexibility index (Phi) is 8.46. The van der Waals surface area contributed by atoms with Crippen LogP contribution in [-0.2, 0) is 31.9 Å². The second kappa shape index (κ2) is 11.3. The van der Waals surface area contributed by atoms with Crippen molar-refractivity contribution in [1.82, 2.24) is 19.8 Å². The van der Waals surface area contributed by atoms with Crippen LogP contribution < -0.4 is 21.3 Å². The summed E-state index contributed by atoms with van der Waals surface area (Å²) >= 11 is 0. The van der Waals surface area contributed by atoms with Crippen molar-refractivity contribution in [2.75, 3.05) is 17.9 Å². The summed E-state index contributed by atoms with van der Waals surface area (Å²) in [5.74, 6) is -0.670. The molecule has 1 aliphatic heterocycles. The lowest BCUT2D eigenvalue weighted by Crippen LogP contribution is -2.60. The van der Waals surface area contributed by atoms with Gasteiger partial charge in [0.1, 0.15) is 18.1 Å². The summed E-state index contributed by atoms with van der Waals surface area (Å²) in [4.78, 5) is 31.5. The minimum Gasteiger partial charge on any atom is -0.370 e. The average Bonchev–Trinajstić information content (AvgIpc) is 2.80. The molecule has 3 rings (SSSR count). The molecule has 0 saturated carbocycles. The first-order chi connectivity index (χ1) is 16.6. The van der Waals surface area contributed by atoms with E-state index in [9.17, 15) is 18.0 Å². The van der Waals surface area contributed by atoms with Gasteiger partial charge in [0.25, 0.3) is 5.56 Å². The molecule has 0 radical (unpaired) electrons. The summed E-state index contributed by atoms with van der Waals surface area (Å²) in [6.07, 6.45) is 1.87. The van der Waals surface area contributed by atoms with Crippen LogP contribution in [0.25, 0.3) is 0 Å². The van der Waals surface area contributed by atoms with Crippen molar-refractivity contribution in [1.29, 1.82) is 5.41 Å². The topological polar surface area (TPSA) is 172 Å². The van der Waals surface area contributed by atoms with Crippen LogP contribution in [0, 0.1) is 12.3 Å². The van der Waals surface area contributed by atoms with Gasteiger partial charge in [-0.15, -0.1) is 0 Å². The molecule has 1 aliphatic rings. The van der Waals surface area contributed by atoms with Gasteiger partial charge in [-0.2, -0.15) is 0 Å². The van der Waals surface area contributed by atoms with Crippen LogP contribution in [0.2, 0.25) is 0 Å². The van der Waals surface area contributed by atoms with E-state index in [0.29, 0.717) is 31.6 Å². The fourth-order valence-electron chi connectivity index (χ4n) is 3.97. The first kappa shape index (κ1) is 26.2. The van der Waals surface area contributed by atoms with Gasteiger partial charge >= 0.3 is 0 Å². The van der Waals surface area contributed by atoms with E-state index in [4.69, 9.17) is 15.9 Å².